The number of hydrogen-bond acceptors (Lipinski definition) is 2. The maximum absolute atomic E-state index is 13.0. The molecule has 2 amide bonds. The molecule has 0 bridgehead atoms. The Hall–Kier alpha value is -2.72. The number of carbonyl (C=O) groups excluding carboxylic acids is 1. The van der Waals surface area contributed by atoms with Gasteiger partial charge in [-0.3, -0.25) is 4.90 Å². The Balaban J connectivity index is 1.54. The molecule has 4 heteroatoms. The van der Waals surface area contributed by atoms with Gasteiger partial charge in [0.1, 0.15) is 0 Å². The normalized spacial score (nSPS) is 19.1. The predicted molar refractivity (Wildman–Crippen MR) is 112 cm³/mol. The van der Waals surface area contributed by atoms with E-state index in [1.807, 2.05) is 36.5 Å². The molecule has 136 valence electrons. The first-order chi connectivity index (χ1) is 13.3. The van der Waals surface area contributed by atoms with Crippen LogP contribution in [0.2, 0.25) is 0 Å². The lowest BCUT2D eigenvalue weighted by atomic mass is 10.1. The molecule has 1 N–H and O–H groups in total. The summed E-state index contributed by atoms with van der Waals surface area (Å²) in [6.07, 6.45) is 8.89. The molecule has 2 heterocycles. The number of rotatable bonds is 4. The van der Waals surface area contributed by atoms with Gasteiger partial charge in [0.25, 0.3) is 0 Å². The molecule has 4 rings (SSSR count). The first kappa shape index (κ1) is 17.7. The summed E-state index contributed by atoms with van der Waals surface area (Å²) in [5.41, 5.74) is 3.35. The summed E-state index contributed by atoms with van der Waals surface area (Å²) < 4.78 is 0. The van der Waals surface area contributed by atoms with Gasteiger partial charge in [0.15, 0.2) is 0 Å². The minimum Gasteiger partial charge on any atom is -0.331 e. The number of benzene rings is 2. The van der Waals surface area contributed by atoms with Crippen LogP contribution in [-0.2, 0) is 0 Å². The third-order valence-corrected chi connectivity index (χ3v) is 6.07. The highest BCUT2D eigenvalue weighted by atomic mass is 32.2. The Morgan fingerprint density at radius 3 is 2.52 bits per heavy atom. The lowest BCUT2D eigenvalue weighted by Gasteiger charge is -2.26. The number of nitrogens with one attached hydrogen (secondary N) is 1. The molecular formula is C23H22N2OS. The second-order valence-corrected chi connectivity index (χ2v) is 7.75. The predicted octanol–water partition coefficient (Wildman–Crippen LogP) is 5.93. The molecule has 2 aliphatic heterocycles. The van der Waals surface area contributed by atoms with Crippen molar-refractivity contribution in [2.75, 3.05) is 0 Å². The van der Waals surface area contributed by atoms with Gasteiger partial charge in [0.2, 0.25) is 0 Å². The lowest BCUT2D eigenvalue weighted by molar-refractivity contribution is 0.219. The Morgan fingerprint density at radius 1 is 1.11 bits per heavy atom. The van der Waals surface area contributed by atoms with Crippen molar-refractivity contribution in [3.05, 3.63) is 107 Å². The molecule has 2 aromatic rings. The molecule has 2 aliphatic rings. The van der Waals surface area contributed by atoms with E-state index >= 15 is 0 Å². The number of thioether (sulfide) groups is 1. The third kappa shape index (κ3) is 3.71. The number of urea groups is 1. The highest BCUT2D eigenvalue weighted by Crippen LogP contribution is 2.48. The summed E-state index contributed by atoms with van der Waals surface area (Å²) >= 11 is 1.79. The molecule has 27 heavy (non-hydrogen) atoms. The fraction of sp³-hybridized carbons (Fsp3) is 0.174. The number of hydrogen-bond donors (Lipinski definition) is 1. The maximum Gasteiger partial charge on any atom is 0.326 e. The summed E-state index contributed by atoms with van der Waals surface area (Å²) in [5, 5.41) is 3.41. The number of allylic oxidation sites excluding steroid dienone is 2. The highest BCUT2D eigenvalue weighted by molar-refractivity contribution is 8.04. The monoisotopic (exact) mass is 374 g/mol. The van der Waals surface area contributed by atoms with E-state index in [0.717, 1.165) is 22.6 Å². The Kier molecular flexibility index (Phi) is 5.16. The SMILES string of the molecule is CC[C@H](NC(=O)N1C=CC=C2SC(c3ccccc3)C=C21)c1ccccc1. The van der Waals surface area contributed by atoms with Crippen molar-refractivity contribution in [3.8, 4) is 0 Å². The average Bonchev–Trinajstić information content (AvgIpc) is 3.17. The van der Waals surface area contributed by atoms with E-state index in [2.05, 4.69) is 60.8 Å². The van der Waals surface area contributed by atoms with Gasteiger partial charge in [-0.25, -0.2) is 4.79 Å². The standard InChI is InChI=1S/C23H22N2OS/c1-2-19(17-10-5-3-6-11-17)24-23(26)25-15-9-14-21-20(25)16-22(27-21)18-12-7-4-8-13-18/h3-16,19,22H,2H2,1H3,(H,24,26)/t19-,22?/m0/s1. The molecular weight excluding hydrogens is 352 g/mol. The summed E-state index contributed by atoms with van der Waals surface area (Å²) in [6.45, 7) is 2.09. The maximum atomic E-state index is 13.0. The average molecular weight is 375 g/mol. The molecule has 0 saturated heterocycles. The summed E-state index contributed by atoms with van der Waals surface area (Å²) in [6, 6.07) is 20.4. The zero-order chi connectivity index (χ0) is 18.6. The molecule has 0 saturated carbocycles. The van der Waals surface area contributed by atoms with Crippen LogP contribution in [0.1, 0.15) is 35.8 Å². The van der Waals surface area contributed by atoms with Crippen LogP contribution in [-0.4, -0.2) is 10.9 Å². The fourth-order valence-corrected chi connectivity index (χ4v) is 4.59. The summed E-state index contributed by atoms with van der Waals surface area (Å²) in [4.78, 5) is 15.9. The lowest BCUT2D eigenvalue weighted by Crippen LogP contribution is -2.38. The van der Waals surface area contributed by atoms with Crippen LogP contribution in [0.15, 0.2) is 95.7 Å². The topological polar surface area (TPSA) is 32.3 Å². The minimum atomic E-state index is -0.0897. The first-order valence-corrected chi connectivity index (χ1v) is 10.1. The molecule has 0 aliphatic carbocycles. The first-order valence-electron chi connectivity index (χ1n) is 9.23. The van der Waals surface area contributed by atoms with Crippen molar-refractivity contribution in [2.45, 2.75) is 24.6 Å². The van der Waals surface area contributed by atoms with Crippen LogP contribution >= 0.6 is 11.8 Å². The van der Waals surface area contributed by atoms with Gasteiger partial charge in [-0.1, -0.05) is 67.6 Å². The Labute approximate surface area is 164 Å². The second-order valence-electron chi connectivity index (χ2n) is 6.56. The van der Waals surface area contributed by atoms with Gasteiger partial charge in [-0.05, 0) is 35.8 Å². The largest absolute Gasteiger partial charge is 0.331 e. The van der Waals surface area contributed by atoms with Crippen LogP contribution in [0.4, 0.5) is 4.79 Å². The zero-order valence-electron chi connectivity index (χ0n) is 15.2. The van der Waals surface area contributed by atoms with Crippen molar-refractivity contribution >= 4 is 17.8 Å². The van der Waals surface area contributed by atoms with Gasteiger partial charge in [-0.15, -0.1) is 11.8 Å². The van der Waals surface area contributed by atoms with Gasteiger partial charge < -0.3 is 5.32 Å². The van der Waals surface area contributed by atoms with Crippen LogP contribution in [0, 0.1) is 0 Å². The fourth-order valence-electron chi connectivity index (χ4n) is 3.39. The Bertz CT molecular complexity index is 902. The van der Waals surface area contributed by atoms with Crippen molar-refractivity contribution < 1.29 is 4.79 Å². The summed E-state index contributed by atoms with van der Waals surface area (Å²) in [5.74, 6) is 0. The molecule has 0 radical (unpaired) electrons. The number of fused-ring (bicyclic) bond motifs is 1. The van der Waals surface area contributed by atoms with E-state index in [4.69, 9.17) is 0 Å². The van der Waals surface area contributed by atoms with Gasteiger partial charge >= 0.3 is 6.03 Å². The Morgan fingerprint density at radius 2 is 1.81 bits per heavy atom. The van der Waals surface area contributed by atoms with Gasteiger partial charge in [-0.2, -0.15) is 0 Å². The molecule has 1 unspecified atom stereocenters. The minimum absolute atomic E-state index is 0.000956. The van der Waals surface area contributed by atoms with E-state index in [1.165, 1.54) is 5.56 Å². The van der Waals surface area contributed by atoms with Crippen molar-refractivity contribution in [3.63, 3.8) is 0 Å². The molecule has 3 nitrogen and oxygen atoms in total. The van der Waals surface area contributed by atoms with Crippen LogP contribution in [0.25, 0.3) is 0 Å². The van der Waals surface area contributed by atoms with Gasteiger partial charge in [0, 0.05) is 11.1 Å². The molecule has 0 aromatic heterocycles. The van der Waals surface area contributed by atoms with Crippen LogP contribution in [0.5, 0.6) is 0 Å². The van der Waals surface area contributed by atoms with E-state index in [1.54, 1.807) is 16.7 Å². The van der Waals surface area contributed by atoms with Crippen LogP contribution < -0.4 is 5.32 Å². The van der Waals surface area contributed by atoms with Crippen molar-refractivity contribution in [1.29, 1.82) is 0 Å². The molecule has 2 aromatic carbocycles. The third-order valence-electron chi connectivity index (χ3n) is 4.81. The summed E-state index contributed by atoms with van der Waals surface area (Å²) in [7, 11) is 0. The quantitative estimate of drug-likeness (QED) is 0.719. The van der Waals surface area contributed by atoms with Crippen molar-refractivity contribution in [2.24, 2.45) is 0 Å². The zero-order valence-corrected chi connectivity index (χ0v) is 16.0. The highest BCUT2D eigenvalue weighted by Gasteiger charge is 2.30. The molecule has 0 fully saturated rings. The van der Waals surface area contributed by atoms with E-state index in [9.17, 15) is 4.79 Å². The van der Waals surface area contributed by atoms with Crippen LogP contribution in [0.3, 0.4) is 0 Å². The van der Waals surface area contributed by atoms with E-state index < -0.39 is 0 Å². The van der Waals surface area contributed by atoms with E-state index in [-0.39, 0.29) is 17.3 Å². The van der Waals surface area contributed by atoms with Gasteiger partial charge in [0.05, 0.1) is 17.0 Å². The molecule has 0 spiro atoms. The smallest absolute Gasteiger partial charge is 0.326 e. The molecule has 2 atom stereocenters. The van der Waals surface area contributed by atoms with E-state index in [0.29, 0.717) is 0 Å². The van der Waals surface area contributed by atoms with Crippen molar-refractivity contribution in [1.82, 2.24) is 10.2 Å². The number of nitrogens with zero attached hydrogens (tertiary/aromatic N) is 1. The second kappa shape index (κ2) is 7.89. The number of carbonyl (C=O) groups is 1. The number of amides is 2.